The summed E-state index contributed by atoms with van der Waals surface area (Å²) in [6.07, 6.45) is 1.71. The zero-order chi connectivity index (χ0) is 11.4. The quantitative estimate of drug-likeness (QED) is 0.840. The first-order valence-corrected chi connectivity index (χ1v) is 5.35. The summed E-state index contributed by atoms with van der Waals surface area (Å²) in [7, 11) is 1.87. The molecule has 4 heteroatoms. The highest BCUT2D eigenvalue weighted by Crippen LogP contribution is 2.02. The van der Waals surface area contributed by atoms with E-state index in [1.807, 2.05) is 7.05 Å². The van der Waals surface area contributed by atoms with E-state index < -0.39 is 0 Å². The van der Waals surface area contributed by atoms with Gasteiger partial charge in [-0.05, 0) is 12.5 Å². The number of nitrogens with zero attached hydrogens (tertiary/aromatic N) is 3. The van der Waals surface area contributed by atoms with Crippen LogP contribution >= 0.6 is 0 Å². The van der Waals surface area contributed by atoms with Gasteiger partial charge in [0.2, 0.25) is 0 Å². The molecule has 0 aliphatic carbocycles. The molecule has 0 unspecified atom stereocenters. The molecular formula is C12H16N4. The molecule has 0 saturated carbocycles. The van der Waals surface area contributed by atoms with Crippen molar-refractivity contribution in [3.63, 3.8) is 0 Å². The van der Waals surface area contributed by atoms with Crippen molar-refractivity contribution in [2.24, 2.45) is 7.05 Å². The summed E-state index contributed by atoms with van der Waals surface area (Å²) in [6, 6.07) is 8.51. The van der Waals surface area contributed by atoms with Crippen LogP contribution in [0.3, 0.4) is 0 Å². The summed E-state index contributed by atoms with van der Waals surface area (Å²) in [6.45, 7) is 3.64. The molecule has 2 rings (SSSR count). The zero-order valence-corrected chi connectivity index (χ0v) is 9.64. The predicted octanol–water partition coefficient (Wildman–Crippen LogP) is 1.41. The summed E-state index contributed by atoms with van der Waals surface area (Å²) >= 11 is 0. The van der Waals surface area contributed by atoms with E-state index in [0.717, 1.165) is 12.4 Å². The standard InChI is InChI=1S/C12H16N4/c1-10-3-5-11(6-4-10)7-13-8-12-14-9-16(2)15-12/h3-6,9,13H,7-8H2,1-2H3. The molecule has 4 nitrogen and oxygen atoms in total. The fourth-order valence-electron chi connectivity index (χ4n) is 1.49. The number of aromatic nitrogens is 3. The third-order valence-electron chi connectivity index (χ3n) is 2.38. The van der Waals surface area contributed by atoms with Crippen LogP contribution in [-0.4, -0.2) is 14.8 Å². The van der Waals surface area contributed by atoms with E-state index in [4.69, 9.17) is 0 Å². The van der Waals surface area contributed by atoms with Crippen LogP contribution in [0.25, 0.3) is 0 Å². The third kappa shape index (κ3) is 2.90. The molecule has 0 fully saturated rings. The van der Waals surface area contributed by atoms with Crippen molar-refractivity contribution in [3.8, 4) is 0 Å². The second-order valence-electron chi connectivity index (χ2n) is 3.92. The lowest BCUT2D eigenvalue weighted by molar-refractivity contribution is 0.649. The molecule has 0 aliphatic rings. The molecule has 0 aliphatic heterocycles. The van der Waals surface area contributed by atoms with E-state index in [2.05, 4.69) is 46.6 Å². The molecule has 0 spiro atoms. The lowest BCUT2D eigenvalue weighted by Gasteiger charge is -2.02. The summed E-state index contributed by atoms with van der Waals surface area (Å²) < 4.78 is 1.71. The largest absolute Gasteiger partial charge is 0.306 e. The first-order valence-electron chi connectivity index (χ1n) is 5.35. The summed E-state index contributed by atoms with van der Waals surface area (Å²) in [5, 5.41) is 7.51. The Morgan fingerprint density at radius 2 is 1.94 bits per heavy atom. The van der Waals surface area contributed by atoms with Gasteiger partial charge in [0.15, 0.2) is 5.82 Å². The van der Waals surface area contributed by atoms with Gasteiger partial charge in [0.25, 0.3) is 0 Å². The lowest BCUT2D eigenvalue weighted by atomic mass is 10.1. The number of benzene rings is 1. The minimum atomic E-state index is 0.703. The van der Waals surface area contributed by atoms with E-state index in [-0.39, 0.29) is 0 Å². The molecule has 0 saturated heterocycles. The van der Waals surface area contributed by atoms with Gasteiger partial charge >= 0.3 is 0 Å². The van der Waals surface area contributed by atoms with Gasteiger partial charge in [-0.3, -0.25) is 4.68 Å². The minimum absolute atomic E-state index is 0.703. The average molecular weight is 216 g/mol. The van der Waals surface area contributed by atoms with Crippen molar-refractivity contribution in [3.05, 3.63) is 47.5 Å². The maximum absolute atomic E-state index is 4.20. The number of rotatable bonds is 4. The first kappa shape index (κ1) is 10.8. The van der Waals surface area contributed by atoms with Crippen LogP contribution in [0, 0.1) is 6.92 Å². The Hall–Kier alpha value is -1.68. The molecule has 0 atom stereocenters. The Morgan fingerprint density at radius 1 is 1.19 bits per heavy atom. The number of hydrogen-bond donors (Lipinski definition) is 1. The zero-order valence-electron chi connectivity index (χ0n) is 9.64. The monoisotopic (exact) mass is 216 g/mol. The smallest absolute Gasteiger partial charge is 0.164 e. The maximum atomic E-state index is 4.20. The highest BCUT2D eigenvalue weighted by molar-refractivity contribution is 5.21. The fraction of sp³-hybridized carbons (Fsp3) is 0.333. The molecule has 0 amide bonds. The molecule has 1 aromatic carbocycles. The van der Waals surface area contributed by atoms with Crippen LogP contribution in [-0.2, 0) is 20.1 Å². The van der Waals surface area contributed by atoms with Gasteiger partial charge in [0.1, 0.15) is 6.33 Å². The van der Waals surface area contributed by atoms with E-state index in [1.165, 1.54) is 11.1 Å². The summed E-state index contributed by atoms with van der Waals surface area (Å²) in [5.41, 5.74) is 2.57. The van der Waals surface area contributed by atoms with Crippen molar-refractivity contribution in [2.75, 3.05) is 0 Å². The van der Waals surface area contributed by atoms with E-state index in [1.54, 1.807) is 11.0 Å². The molecule has 1 heterocycles. The van der Waals surface area contributed by atoms with Gasteiger partial charge in [-0.25, -0.2) is 4.98 Å². The summed E-state index contributed by atoms with van der Waals surface area (Å²) in [4.78, 5) is 4.15. The van der Waals surface area contributed by atoms with E-state index in [0.29, 0.717) is 6.54 Å². The predicted molar refractivity (Wildman–Crippen MR) is 62.7 cm³/mol. The van der Waals surface area contributed by atoms with Crippen LogP contribution in [0.2, 0.25) is 0 Å². The van der Waals surface area contributed by atoms with Crippen molar-refractivity contribution in [1.29, 1.82) is 0 Å². The molecule has 1 N–H and O–H groups in total. The molecule has 1 aromatic heterocycles. The van der Waals surface area contributed by atoms with Gasteiger partial charge in [-0.1, -0.05) is 29.8 Å². The topological polar surface area (TPSA) is 42.7 Å². The Bertz CT molecular complexity index is 444. The van der Waals surface area contributed by atoms with Crippen LogP contribution in [0.5, 0.6) is 0 Å². The second kappa shape index (κ2) is 4.90. The van der Waals surface area contributed by atoms with Gasteiger partial charge < -0.3 is 5.32 Å². The van der Waals surface area contributed by atoms with Crippen LogP contribution < -0.4 is 5.32 Å². The number of hydrogen-bond acceptors (Lipinski definition) is 3. The van der Waals surface area contributed by atoms with Gasteiger partial charge in [-0.15, -0.1) is 0 Å². The highest BCUT2D eigenvalue weighted by atomic mass is 15.3. The van der Waals surface area contributed by atoms with E-state index >= 15 is 0 Å². The lowest BCUT2D eigenvalue weighted by Crippen LogP contribution is -2.13. The third-order valence-corrected chi connectivity index (χ3v) is 2.38. The normalized spacial score (nSPS) is 10.6. The SMILES string of the molecule is Cc1ccc(CNCc2ncn(C)n2)cc1. The van der Waals surface area contributed by atoms with E-state index in [9.17, 15) is 0 Å². The molecule has 16 heavy (non-hydrogen) atoms. The van der Waals surface area contributed by atoms with Crippen molar-refractivity contribution in [1.82, 2.24) is 20.1 Å². The number of nitrogens with one attached hydrogen (secondary N) is 1. The summed E-state index contributed by atoms with van der Waals surface area (Å²) in [5.74, 6) is 0.828. The molecule has 84 valence electrons. The van der Waals surface area contributed by atoms with Gasteiger partial charge in [-0.2, -0.15) is 5.10 Å². The molecular weight excluding hydrogens is 200 g/mol. The van der Waals surface area contributed by atoms with Crippen LogP contribution in [0.15, 0.2) is 30.6 Å². The molecule has 2 aromatic rings. The number of aryl methyl sites for hydroxylation is 2. The maximum Gasteiger partial charge on any atom is 0.164 e. The van der Waals surface area contributed by atoms with Gasteiger partial charge in [0, 0.05) is 13.6 Å². The Morgan fingerprint density at radius 3 is 2.56 bits per heavy atom. The first-order chi connectivity index (χ1) is 7.74. The minimum Gasteiger partial charge on any atom is -0.306 e. The van der Waals surface area contributed by atoms with Crippen molar-refractivity contribution < 1.29 is 0 Å². The Balaban J connectivity index is 1.82. The Labute approximate surface area is 95.3 Å². The molecule has 0 bridgehead atoms. The van der Waals surface area contributed by atoms with Crippen LogP contribution in [0.1, 0.15) is 17.0 Å². The van der Waals surface area contributed by atoms with Crippen LogP contribution in [0.4, 0.5) is 0 Å². The average Bonchev–Trinajstić information content (AvgIpc) is 2.67. The highest BCUT2D eigenvalue weighted by Gasteiger charge is 1.98. The molecule has 0 radical (unpaired) electrons. The Kier molecular flexibility index (Phi) is 3.31. The van der Waals surface area contributed by atoms with Crippen molar-refractivity contribution >= 4 is 0 Å². The second-order valence-corrected chi connectivity index (χ2v) is 3.92. The van der Waals surface area contributed by atoms with Gasteiger partial charge in [0.05, 0.1) is 6.54 Å². The van der Waals surface area contributed by atoms with Crippen molar-refractivity contribution in [2.45, 2.75) is 20.0 Å². The fourth-order valence-corrected chi connectivity index (χ4v) is 1.49.